The van der Waals surface area contributed by atoms with Gasteiger partial charge in [-0.15, -0.1) is 11.3 Å². The predicted molar refractivity (Wildman–Crippen MR) is 79.3 cm³/mol. The maximum Gasteiger partial charge on any atom is 0.265 e. The van der Waals surface area contributed by atoms with Gasteiger partial charge in [-0.05, 0) is 36.1 Å². The van der Waals surface area contributed by atoms with Gasteiger partial charge in [-0.25, -0.2) is 0 Å². The highest BCUT2D eigenvalue weighted by molar-refractivity contribution is 7.80. The summed E-state index contributed by atoms with van der Waals surface area (Å²) in [5, 5.41) is 4.74. The molecule has 1 aromatic heterocycles. The number of carbonyl (C=O) groups excluding carboxylic acids is 1. The fourth-order valence-electron chi connectivity index (χ4n) is 1.54. The van der Waals surface area contributed by atoms with Gasteiger partial charge < -0.3 is 11.1 Å². The Morgan fingerprint density at radius 2 is 2.17 bits per heavy atom. The third-order valence-electron chi connectivity index (χ3n) is 2.47. The van der Waals surface area contributed by atoms with Crippen molar-refractivity contribution in [2.45, 2.75) is 6.92 Å². The minimum atomic E-state index is -0.109. The number of rotatable bonds is 3. The zero-order chi connectivity index (χ0) is 13.1. The highest BCUT2D eigenvalue weighted by Crippen LogP contribution is 2.18. The van der Waals surface area contributed by atoms with Crippen LogP contribution in [0.1, 0.15) is 20.8 Å². The molecule has 1 heterocycles. The number of nitrogens with one attached hydrogen (secondary N) is 1. The summed E-state index contributed by atoms with van der Waals surface area (Å²) < 4.78 is 0. The van der Waals surface area contributed by atoms with E-state index in [0.717, 1.165) is 16.0 Å². The van der Waals surface area contributed by atoms with E-state index in [1.807, 2.05) is 36.6 Å². The minimum Gasteiger partial charge on any atom is -0.389 e. The van der Waals surface area contributed by atoms with Crippen molar-refractivity contribution in [1.29, 1.82) is 0 Å². The van der Waals surface area contributed by atoms with Gasteiger partial charge in [0.15, 0.2) is 0 Å². The van der Waals surface area contributed by atoms with Crippen LogP contribution in [0.3, 0.4) is 0 Å². The van der Waals surface area contributed by atoms with E-state index in [0.29, 0.717) is 10.7 Å². The first kappa shape index (κ1) is 12.7. The van der Waals surface area contributed by atoms with E-state index in [1.165, 1.54) is 11.3 Å². The van der Waals surface area contributed by atoms with E-state index in [4.69, 9.17) is 18.0 Å². The number of amides is 1. The number of carbonyl (C=O) groups is 1. The van der Waals surface area contributed by atoms with Crippen LogP contribution in [-0.4, -0.2) is 10.9 Å². The number of aryl methyl sites for hydroxylation is 1. The highest BCUT2D eigenvalue weighted by Gasteiger charge is 2.10. The summed E-state index contributed by atoms with van der Waals surface area (Å²) in [4.78, 5) is 13.0. The molecule has 0 aliphatic rings. The van der Waals surface area contributed by atoms with Crippen LogP contribution in [0.5, 0.6) is 0 Å². The first-order valence-electron chi connectivity index (χ1n) is 5.33. The van der Waals surface area contributed by atoms with Gasteiger partial charge in [0.1, 0.15) is 4.99 Å². The van der Waals surface area contributed by atoms with Crippen molar-refractivity contribution in [2.75, 3.05) is 5.32 Å². The molecule has 0 saturated carbocycles. The molecule has 2 rings (SSSR count). The van der Waals surface area contributed by atoms with E-state index in [1.54, 1.807) is 6.07 Å². The van der Waals surface area contributed by atoms with E-state index in [2.05, 4.69) is 5.32 Å². The van der Waals surface area contributed by atoms with Crippen molar-refractivity contribution in [1.82, 2.24) is 0 Å². The van der Waals surface area contributed by atoms with Gasteiger partial charge in [-0.2, -0.15) is 0 Å². The molecule has 0 unspecified atom stereocenters. The van der Waals surface area contributed by atoms with Crippen molar-refractivity contribution in [2.24, 2.45) is 5.73 Å². The molecule has 3 N–H and O–H groups in total. The Labute approximate surface area is 115 Å². The second kappa shape index (κ2) is 5.29. The Balaban J connectivity index is 2.20. The van der Waals surface area contributed by atoms with Gasteiger partial charge in [0.25, 0.3) is 5.91 Å². The number of thiophene rings is 1. The summed E-state index contributed by atoms with van der Waals surface area (Å²) >= 11 is 6.33. The maximum absolute atomic E-state index is 12.0. The average molecular weight is 276 g/mol. The van der Waals surface area contributed by atoms with E-state index in [9.17, 15) is 4.79 Å². The quantitative estimate of drug-likeness (QED) is 0.847. The molecule has 92 valence electrons. The maximum atomic E-state index is 12.0. The third kappa shape index (κ3) is 2.75. The van der Waals surface area contributed by atoms with E-state index >= 15 is 0 Å². The summed E-state index contributed by atoms with van der Waals surface area (Å²) in [6, 6.07) is 9.12. The normalized spacial score (nSPS) is 10.1. The molecule has 1 aromatic carbocycles. The van der Waals surface area contributed by atoms with E-state index in [-0.39, 0.29) is 5.91 Å². The molecule has 18 heavy (non-hydrogen) atoms. The van der Waals surface area contributed by atoms with Crippen LogP contribution in [0.15, 0.2) is 35.7 Å². The monoisotopic (exact) mass is 276 g/mol. The van der Waals surface area contributed by atoms with Crippen molar-refractivity contribution in [3.05, 3.63) is 51.7 Å². The van der Waals surface area contributed by atoms with Crippen LogP contribution in [0.4, 0.5) is 5.69 Å². The summed E-state index contributed by atoms with van der Waals surface area (Å²) in [6.07, 6.45) is 0. The zero-order valence-corrected chi connectivity index (χ0v) is 11.4. The van der Waals surface area contributed by atoms with Gasteiger partial charge >= 0.3 is 0 Å². The van der Waals surface area contributed by atoms with Crippen LogP contribution >= 0.6 is 23.6 Å². The molecule has 3 nitrogen and oxygen atoms in total. The van der Waals surface area contributed by atoms with Crippen LogP contribution in [0.2, 0.25) is 0 Å². The molecule has 0 fully saturated rings. The minimum absolute atomic E-state index is 0.109. The molecule has 1 amide bonds. The molecule has 2 aromatic rings. The van der Waals surface area contributed by atoms with Crippen molar-refractivity contribution >= 4 is 40.1 Å². The highest BCUT2D eigenvalue weighted by atomic mass is 32.1. The lowest BCUT2D eigenvalue weighted by Gasteiger charge is -2.06. The Bertz CT molecular complexity index is 605. The van der Waals surface area contributed by atoms with Gasteiger partial charge in [0.05, 0.1) is 4.88 Å². The Morgan fingerprint density at radius 3 is 2.78 bits per heavy atom. The second-order valence-corrected chi connectivity index (χ2v) is 5.19. The van der Waals surface area contributed by atoms with Crippen LogP contribution in [-0.2, 0) is 0 Å². The smallest absolute Gasteiger partial charge is 0.265 e. The standard InChI is InChI=1S/C13H12N2OS2/c1-8-5-6-18-11(8)13(16)15-10-4-2-3-9(7-10)12(14)17/h2-7H,1H3,(H2,14,17)(H,15,16). The Hall–Kier alpha value is -1.72. The molecule has 5 heteroatoms. The first-order valence-corrected chi connectivity index (χ1v) is 6.62. The Kier molecular flexibility index (Phi) is 3.74. The van der Waals surface area contributed by atoms with Gasteiger partial charge in [-0.1, -0.05) is 24.4 Å². The Morgan fingerprint density at radius 1 is 1.39 bits per heavy atom. The van der Waals surface area contributed by atoms with Gasteiger partial charge in [0, 0.05) is 11.3 Å². The molecule has 0 bridgehead atoms. The van der Waals surface area contributed by atoms with Crippen molar-refractivity contribution in [3.63, 3.8) is 0 Å². The van der Waals surface area contributed by atoms with Crippen molar-refractivity contribution < 1.29 is 4.79 Å². The number of hydrogen-bond acceptors (Lipinski definition) is 3. The van der Waals surface area contributed by atoms with Gasteiger partial charge in [-0.3, -0.25) is 4.79 Å². The molecule has 0 saturated heterocycles. The number of anilines is 1. The number of nitrogens with two attached hydrogens (primary N) is 1. The van der Waals surface area contributed by atoms with Crippen molar-refractivity contribution in [3.8, 4) is 0 Å². The summed E-state index contributed by atoms with van der Waals surface area (Å²) in [7, 11) is 0. The lowest BCUT2D eigenvalue weighted by molar-refractivity contribution is 0.103. The number of thiocarbonyl (C=S) groups is 1. The fraction of sp³-hybridized carbons (Fsp3) is 0.0769. The average Bonchev–Trinajstić information content (AvgIpc) is 2.76. The molecule has 0 aliphatic carbocycles. The van der Waals surface area contributed by atoms with E-state index < -0.39 is 0 Å². The lowest BCUT2D eigenvalue weighted by Crippen LogP contribution is -2.13. The second-order valence-electron chi connectivity index (χ2n) is 3.83. The molecular formula is C13H12N2OS2. The van der Waals surface area contributed by atoms with Gasteiger partial charge in [0.2, 0.25) is 0 Å². The zero-order valence-electron chi connectivity index (χ0n) is 9.77. The number of benzene rings is 1. The first-order chi connectivity index (χ1) is 8.58. The number of hydrogen-bond donors (Lipinski definition) is 2. The van der Waals surface area contributed by atoms with Crippen LogP contribution < -0.4 is 11.1 Å². The molecule has 0 atom stereocenters. The molecule has 0 aliphatic heterocycles. The third-order valence-corrected chi connectivity index (χ3v) is 3.72. The summed E-state index contributed by atoms with van der Waals surface area (Å²) in [5.41, 5.74) is 7.96. The van der Waals surface area contributed by atoms with Crippen LogP contribution in [0, 0.1) is 6.92 Å². The largest absolute Gasteiger partial charge is 0.389 e. The fourth-order valence-corrected chi connectivity index (χ4v) is 2.49. The molecular weight excluding hydrogens is 264 g/mol. The SMILES string of the molecule is Cc1ccsc1C(=O)Nc1cccc(C(N)=S)c1. The molecule has 0 radical (unpaired) electrons. The lowest BCUT2D eigenvalue weighted by atomic mass is 10.2. The molecule has 0 spiro atoms. The summed E-state index contributed by atoms with van der Waals surface area (Å²) in [6.45, 7) is 1.91. The predicted octanol–water partition coefficient (Wildman–Crippen LogP) is 2.94. The summed E-state index contributed by atoms with van der Waals surface area (Å²) in [5.74, 6) is -0.109. The topological polar surface area (TPSA) is 55.1 Å². The van der Waals surface area contributed by atoms with Crippen LogP contribution in [0.25, 0.3) is 0 Å².